The fourth-order valence-corrected chi connectivity index (χ4v) is 2.34. The van der Waals surface area contributed by atoms with Crippen LogP contribution in [0.25, 0.3) is 10.8 Å². The molecule has 0 saturated carbocycles. The van der Waals surface area contributed by atoms with Crippen LogP contribution in [0, 0.1) is 6.92 Å². The first-order valence-corrected chi connectivity index (χ1v) is 5.55. The summed E-state index contributed by atoms with van der Waals surface area (Å²) in [4.78, 5) is 0. The van der Waals surface area contributed by atoms with Gasteiger partial charge in [-0.1, -0.05) is 36.4 Å². The molecule has 0 bridgehead atoms. The zero-order valence-electron chi connectivity index (χ0n) is 8.96. The van der Waals surface area contributed by atoms with Crippen molar-refractivity contribution in [2.45, 2.75) is 12.8 Å². The van der Waals surface area contributed by atoms with E-state index in [1.54, 1.807) is 0 Å². The molecule has 1 heterocycles. The van der Waals surface area contributed by atoms with E-state index in [9.17, 15) is 0 Å². The van der Waals surface area contributed by atoms with Gasteiger partial charge in [0.05, 0.1) is 0 Å². The van der Waals surface area contributed by atoms with Crippen molar-refractivity contribution in [3.05, 3.63) is 47.5 Å². The molecule has 0 aromatic heterocycles. The van der Waals surface area contributed by atoms with Gasteiger partial charge >= 0.3 is 0 Å². The predicted octanol–water partition coefficient (Wildman–Crippen LogP) is 2.84. The maximum atomic E-state index is 3.34. The van der Waals surface area contributed by atoms with E-state index >= 15 is 0 Å². The third-order valence-electron chi connectivity index (χ3n) is 3.40. The normalized spacial score (nSPS) is 16.6. The minimum Gasteiger partial charge on any atom is -0.315 e. The van der Waals surface area contributed by atoms with E-state index in [1.807, 2.05) is 0 Å². The molecule has 1 saturated heterocycles. The van der Waals surface area contributed by atoms with Crippen LogP contribution in [0.5, 0.6) is 0 Å². The van der Waals surface area contributed by atoms with Crippen molar-refractivity contribution in [2.75, 3.05) is 13.1 Å². The van der Waals surface area contributed by atoms with Gasteiger partial charge in [0, 0.05) is 19.0 Å². The molecule has 0 atom stereocenters. The number of fused-ring (bicyclic) bond motifs is 1. The van der Waals surface area contributed by atoms with Crippen LogP contribution >= 0.6 is 0 Å². The molecule has 1 nitrogen and oxygen atoms in total. The van der Waals surface area contributed by atoms with Crippen LogP contribution in [0.1, 0.15) is 17.0 Å². The van der Waals surface area contributed by atoms with Gasteiger partial charge in [-0.3, -0.25) is 0 Å². The van der Waals surface area contributed by atoms with Gasteiger partial charge in [-0.25, -0.2) is 0 Å². The number of nitrogens with one attached hydrogen (secondary N) is 1. The third kappa shape index (κ3) is 1.35. The minimum atomic E-state index is 0.718. The molecule has 15 heavy (non-hydrogen) atoms. The molecule has 0 aliphatic carbocycles. The summed E-state index contributed by atoms with van der Waals surface area (Å²) in [6.07, 6.45) is 0. The SMILES string of the molecule is Cc1ccc(C2CNC2)c2ccccc12. The Labute approximate surface area is 90.1 Å². The highest BCUT2D eigenvalue weighted by atomic mass is 14.9. The first kappa shape index (κ1) is 8.93. The predicted molar refractivity (Wildman–Crippen MR) is 64.3 cm³/mol. The molecule has 1 aliphatic rings. The van der Waals surface area contributed by atoms with Crippen molar-refractivity contribution >= 4 is 10.8 Å². The first-order chi connectivity index (χ1) is 7.36. The third-order valence-corrected chi connectivity index (χ3v) is 3.40. The molecule has 1 fully saturated rings. The van der Waals surface area contributed by atoms with Gasteiger partial charge in [-0.05, 0) is 28.8 Å². The van der Waals surface area contributed by atoms with E-state index in [1.165, 1.54) is 21.9 Å². The van der Waals surface area contributed by atoms with Crippen molar-refractivity contribution in [3.63, 3.8) is 0 Å². The lowest BCUT2D eigenvalue weighted by atomic mass is 9.88. The van der Waals surface area contributed by atoms with Gasteiger partial charge < -0.3 is 5.32 Å². The van der Waals surface area contributed by atoms with Crippen LogP contribution in [-0.2, 0) is 0 Å². The second-order valence-electron chi connectivity index (χ2n) is 4.37. The van der Waals surface area contributed by atoms with Crippen molar-refractivity contribution in [2.24, 2.45) is 0 Å². The minimum absolute atomic E-state index is 0.718. The Morgan fingerprint density at radius 1 is 1.00 bits per heavy atom. The van der Waals surface area contributed by atoms with E-state index in [4.69, 9.17) is 0 Å². The molecular formula is C14H15N. The van der Waals surface area contributed by atoms with Gasteiger partial charge in [0.15, 0.2) is 0 Å². The monoisotopic (exact) mass is 197 g/mol. The van der Waals surface area contributed by atoms with E-state index < -0.39 is 0 Å². The summed E-state index contributed by atoms with van der Waals surface area (Å²) >= 11 is 0. The average Bonchev–Trinajstić information content (AvgIpc) is 2.20. The standard InChI is InChI=1S/C14H15N/c1-10-6-7-13(11-8-15-9-11)14-5-3-2-4-12(10)14/h2-7,11,15H,8-9H2,1H3. The zero-order chi connectivity index (χ0) is 10.3. The molecule has 1 N–H and O–H groups in total. The average molecular weight is 197 g/mol. The van der Waals surface area contributed by atoms with Gasteiger partial charge in [0.2, 0.25) is 0 Å². The fourth-order valence-electron chi connectivity index (χ4n) is 2.34. The smallest absolute Gasteiger partial charge is 0.00947 e. The summed E-state index contributed by atoms with van der Waals surface area (Å²) in [5.41, 5.74) is 2.89. The lowest BCUT2D eigenvalue weighted by Crippen LogP contribution is -2.39. The highest BCUT2D eigenvalue weighted by Gasteiger charge is 2.20. The highest BCUT2D eigenvalue weighted by Crippen LogP contribution is 2.29. The van der Waals surface area contributed by atoms with Crippen molar-refractivity contribution < 1.29 is 0 Å². The summed E-state index contributed by atoms with van der Waals surface area (Å²) in [6, 6.07) is 13.3. The Bertz CT molecular complexity index is 498. The van der Waals surface area contributed by atoms with Gasteiger partial charge in [-0.15, -0.1) is 0 Å². The molecule has 1 heteroatoms. The van der Waals surface area contributed by atoms with E-state index in [2.05, 4.69) is 48.6 Å². The summed E-state index contributed by atoms with van der Waals surface area (Å²) in [6.45, 7) is 4.45. The van der Waals surface area contributed by atoms with E-state index in [-0.39, 0.29) is 0 Å². The molecule has 0 radical (unpaired) electrons. The molecule has 76 valence electrons. The first-order valence-electron chi connectivity index (χ1n) is 5.55. The zero-order valence-corrected chi connectivity index (χ0v) is 8.96. The lowest BCUT2D eigenvalue weighted by molar-refractivity contribution is 0.451. The van der Waals surface area contributed by atoms with E-state index in [0.29, 0.717) is 0 Å². The Hall–Kier alpha value is -1.34. The van der Waals surface area contributed by atoms with E-state index in [0.717, 1.165) is 19.0 Å². The highest BCUT2D eigenvalue weighted by molar-refractivity contribution is 5.89. The molecule has 2 aromatic rings. The molecule has 3 rings (SSSR count). The fraction of sp³-hybridized carbons (Fsp3) is 0.286. The van der Waals surface area contributed by atoms with Crippen LogP contribution in [0.15, 0.2) is 36.4 Å². The number of hydrogen-bond donors (Lipinski definition) is 1. The second kappa shape index (κ2) is 3.35. The van der Waals surface area contributed by atoms with Crippen molar-refractivity contribution in [3.8, 4) is 0 Å². The molecule has 0 spiro atoms. The van der Waals surface area contributed by atoms with Crippen LogP contribution in [-0.4, -0.2) is 13.1 Å². The lowest BCUT2D eigenvalue weighted by Gasteiger charge is -2.28. The van der Waals surface area contributed by atoms with Crippen molar-refractivity contribution in [1.29, 1.82) is 0 Å². The number of aryl methyl sites for hydroxylation is 1. The number of benzene rings is 2. The largest absolute Gasteiger partial charge is 0.315 e. The topological polar surface area (TPSA) is 12.0 Å². The van der Waals surface area contributed by atoms with Gasteiger partial charge in [-0.2, -0.15) is 0 Å². The Morgan fingerprint density at radius 2 is 1.73 bits per heavy atom. The van der Waals surface area contributed by atoms with Crippen LogP contribution < -0.4 is 5.32 Å². The quantitative estimate of drug-likeness (QED) is 0.741. The molecule has 2 aromatic carbocycles. The Balaban J connectivity index is 2.25. The molecule has 0 unspecified atom stereocenters. The summed E-state index contributed by atoms with van der Waals surface area (Å²) in [5, 5.41) is 6.18. The maximum Gasteiger partial charge on any atom is 0.00947 e. The second-order valence-corrected chi connectivity index (χ2v) is 4.37. The summed E-state index contributed by atoms with van der Waals surface area (Å²) in [7, 11) is 0. The van der Waals surface area contributed by atoms with Crippen LogP contribution in [0.3, 0.4) is 0 Å². The number of rotatable bonds is 1. The Morgan fingerprint density at radius 3 is 2.40 bits per heavy atom. The number of hydrogen-bond acceptors (Lipinski definition) is 1. The van der Waals surface area contributed by atoms with Crippen molar-refractivity contribution in [1.82, 2.24) is 5.32 Å². The summed E-state index contributed by atoms with van der Waals surface area (Å²) < 4.78 is 0. The Kier molecular flexibility index (Phi) is 2.00. The van der Waals surface area contributed by atoms with Gasteiger partial charge in [0.1, 0.15) is 0 Å². The van der Waals surface area contributed by atoms with Crippen LogP contribution in [0.4, 0.5) is 0 Å². The van der Waals surface area contributed by atoms with Crippen LogP contribution in [0.2, 0.25) is 0 Å². The molecular weight excluding hydrogens is 182 g/mol. The maximum absolute atomic E-state index is 3.34. The molecule has 1 aliphatic heterocycles. The summed E-state index contributed by atoms with van der Waals surface area (Å²) in [5.74, 6) is 0.718. The molecule has 0 amide bonds. The van der Waals surface area contributed by atoms with Gasteiger partial charge in [0.25, 0.3) is 0 Å².